The predicted molar refractivity (Wildman–Crippen MR) is 71.0 cm³/mol. The number of nitrogens with one attached hydrogen (secondary N) is 1. The molecule has 1 aromatic rings. The molecule has 1 amide bonds. The first-order valence-corrected chi connectivity index (χ1v) is 6.53. The fourth-order valence-electron chi connectivity index (χ4n) is 1.99. The van der Waals surface area contributed by atoms with Crippen molar-refractivity contribution in [1.82, 2.24) is 0 Å². The van der Waals surface area contributed by atoms with E-state index in [0.717, 1.165) is 6.42 Å². The smallest absolute Gasteiger partial charge is 0.230 e. The Hall–Kier alpha value is -1.38. The van der Waals surface area contributed by atoms with Crippen molar-refractivity contribution in [2.45, 2.75) is 19.4 Å². The summed E-state index contributed by atoms with van der Waals surface area (Å²) < 4.78 is 6.09. The van der Waals surface area contributed by atoms with E-state index < -0.39 is 0 Å². The molecule has 4 nitrogen and oxygen atoms in total. The lowest BCUT2D eigenvalue weighted by Gasteiger charge is -2.14. The zero-order valence-corrected chi connectivity index (χ0v) is 11.5. The van der Waals surface area contributed by atoms with Crippen molar-refractivity contribution in [3.05, 3.63) is 28.2 Å². The van der Waals surface area contributed by atoms with Crippen LogP contribution in [0.4, 0.5) is 5.69 Å². The molecule has 0 bridgehead atoms. The van der Waals surface area contributed by atoms with Gasteiger partial charge in [-0.1, -0.05) is 0 Å². The van der Waals surface area contributed by atoms with Gasteiger partial charge in [0.15, 0.2) is 0 Å². The minimum absolute atomic E-state index is 0.0367. The normalized spacial score (nSPS) is 22.5. The molecule has 5 heteroatoms. The molecule has 0 spiro atoms. The number of hydrogen-bond donors (Lipinski definition) is 1. The lowest BCUT2D eigenvalue weighted by atomic mass is 10.0. The standard InChI is InChI=1S/C13H13BrN2O2/c1-8-10(4-5-18-8)13(17)16-12-3-2-9(7-15)6-11(12)14/h2-3,6,8,10H,4-5H2,1H3,(H,16,17). The third-order valence-electron chi connectivity index (χ3n) is 3.07. The number of anilines is 1. The summed E-state index contributed by atoms with van der Waals surface area (Å²) in [6, 6.07) is 7.13. The number of nitriles is 1. The van der Waals surface area contributed by atoms with Gasteiger partial charge in [0.1, 0.15) is 0 Å². The number of hydrogen-bond acceptors (Lipinski definition) is 3. The van der Waals surface area contributed by atoms with Crippen molar-refractivity contribution >= 4 is 27.5 Å². The maximum absolute atomic E-state index is 12.1. The third-order valence-corrected chi connectivity index (χ3v) is 3.73. The van der Waals surface area contributed by atoms with Crippen LogP contribution in [0.5, 0.6) is 0 Å². The molecule has 2 unspecified atom stereocenters. The van der Waals surface area contributed by atoms with Crippen LogP contribution in [0, 0.1) is 17.2 Å². The summed E-state index contributed by atoms with van der Waals surface area (Å²) in [7, 11) is 0. The minimum Gasteiger partial charge on any atom is -0.378 e. The van der Waals surface area contributed by atoms with E-state index in [1.54, 1.807) is 18.2 Å². The monoisotopic (exact) mass is 308 g/mol. The van der Waals surface area contributed by atoms with E-state index in [1.807, 2.05) is 13.0 Å². The maximum atomic E-state index is 12.1. The Bertz CT molecular complexity index is 510. The van der Waals surface area contributed by atoms with Crippen molar-refractivity contribution in [1.29, 1.82) is 5.26 Å². The van der Waals surface area contributed by atoms with Gasteiger partial charge in [-0.3, -0.25) is 4.79 Å². The van der Waals surface area contributed by atoms with Crippen LogP contribution < -0.4 is 5.32 Å². The van der Waals surface area contributed by atoms with Crippen LogP contribution in [0.2, 0.25) is 0 Å². The van der Waals surface area contributed by atoms with Crippen LogP contribution >= 0.6 is 15.9 Å². The summed E-state index contributed by atoms with van der Waals surface area (Å²) in [5.74, 6) is -0.141. The molecular formula is C13H13BrN2O2. The van der Waals surface area contributed by atoms with E-state index >= 15 is 0 Å². The highest BCUT2D eigenvalue weighted by molar-refractivity contribution is 9.10. The van der Waals surface area contributed by atoms with Gasteiger partial charge in [0.05, 0.1) is 29.3 Å². The zero-order chi connectivity index (χ0) is 13.1. The summed E-state index contributed by atoms with van der Waals surface area (Å²) in [5.41, 5.74) is 1.23. The Labute approximate surface area is 114 Å². The Morgan fingerprint density at radius 3 is 2.94 bits per heavy atom. The first-order chi connectivity index (χ1) is 8.61. The number of halogens is 1. The number of benzene rings is 1. The van der Waals surface area contributed by atoms with Crippen LogP contribution in [0.3, 0.4) is 0 Å². The van der Waals surface area contributed by atoms with Crippen LogP contribution in [-0.2, 0) is 9.53 Å². The summed E-state index contributed by atoms with van der Waals surface area (Å²) >= 11 is 3.34. The number of carbonyl (C=O) groups is 1. The quantitative estimate of drug-likeness (QED) is 0.913. The van der Waals surface area contributed by atoms with E-state index in [4.69, 9.17) is 10.00 Å². The van der Waals surface area contributed by atoms with Crippen molar-refractivity contribution in [3.63, 3.8) is 0 Å². The maximum Gasteiger partial charge on any atom is 0.230 e. The van der Waals surface area contributed by atoms with Gasteiger partial charge in [0.25, 0.3) is 0 Å². The summed E-state index contributed by atoms with van der Waals surface area (Å²) in [6.07, 6.45) is 0.711. The molecule has 1 aliphatic rings. The average molecular weight is 309 g/mol. The van der Waals surface area contributed by atoms with Crippen LogP contribution in [0.15, 0.2) is 22.7 Å². The molecule has 1 saturated heterocycles. The lowest BCUT2D eigenvalue weighted by Crippen LogP contribution is -2.27. The van der Waals surface area contributed by atoms with Gasteiger partial charge < -0.3 is 10.1 Å². The highest BCUT2D eigenvalue weighted by atomic mass is 79.9. The van der Waals surface area contributed by atoms with Gasteiger partial charge in [0.2, 0.25) is 5.91 Å². The Morgan fingerprint density at radius 1 is 1.61 bits per heavy atom. The average Bonchev–Trinajstić information content (AvgIpc) is 2.78. The molecule has 0 aromatic heterocycles. The number of amides is 1. The van der Waals surface area contributed by atoms with Gasteiger partial charge in [-0.2, -0.15) is 5.26 Å². The van der Waals surface area contributed by atoms with Gasteiger partial charge in [-0.05, 0) is 47.5 Å². The van der Waals surface area contributed by atoms with Crippen LogP contribution in [-0.4, -0.2) is 18.6 Å². The van der Waals surface area contributed by atoms with Crippen molar-refractivity contribution < 1.29 is 9.53 Å². The first kappa shape index (κ1) is 13.1. The molecule has 0 aliphatic carbocycles. The van der Waals surface area contributed by atoms with E-state index in [2.05, 4.69) is 21.2 Å². The Kier molecular flexibility index (Phi) is 4.00. The van der Waals surface area contributed by atoms with Gasteiger partial charge >= 0.3 is 0 Å². The molecule has 2 atom stereocenters. The second-order valence-electron chi connectivity index (χ2n) is 4.27. The van der Waals surface area contributed by atoms with Gasteiger partial charge in [-0.25, -0.2) is 0 Å². The molecule has 0 saturated carbocycles. The van der Waals surface area contributed by atoms with E-state index in [-0.39, 0.29) is 17.9 Å². The highest BCUT2D eigenvalue weighted by Gasteiger charge is 2.30. The van der Waals surface area contributed by atoms with E-state index in [0.29, 0.717) is 22.3 Å². The number of carbonyl (C=O) groups excluding carboxylic acids is 1. The van der Waals surface area contributed by atoms with Crippen molar-refractivity contribution in [2.75, 3.05) is 11.9 Å². The first-order valence-electron chi connectivity index (χ1n) is 5.74. The summed E-state index contributed by atoms with van der Waals surface area (Å²) in [5, 5.41) is 11.6. The van der Waals surface area contributed by atoms with Crippen molar-refractivity contribution in [3.8, 4) is 6.07 Å². The number of nitrogens with zero attached hydrogens (tertiary/aromatic N) is 1. The van der Waals surface area contributed by atoms with Crippen molar-refractivity contribution in [2.24, 2.45) is 5.92 Å². The van der Waals surface area contributed by atoms with Crippen LogP contribution in [0.1, 0.15) is 18.9 Å². The minimum atomic E-state index is -0.104. The molecule has 1 heterocycles. The molecule has 0 radical (unpaired) electrons. The molecule has 1 fully saturated rings. The molecule has 1 N–H and O–H groups in total. The molecule has 1 aliphatic heterocycles. The Balaban J connectivity index is 2.10. The zero-order valence-electron chi connectivity index (χ0n) is 9.94. The van der Waals surface area contributed by atoms with E-state index in [9.17, 15) is 4.79 Å². The van der Waals surface area contributed by atoms with Crippen LogP contribution in [0.25, 0.3) is 0 Å². The molecule has 1 aromatic carbocycles. The fraction of sp³-hybridized carbons (Fsp3) is 0.385. The molecule has 94 valence electrons. The van der Waals surface area contributed by atoms with E-state index in [1.165, 1.54) is 0 Å². The predicted octanol–water partition coefficient (Wildman–Crippen LogP) is 2.68. The largest absolute Gasteiger partial charge is 0.378 e. The lowest BCUT2D eigenvalue weighted by molar-refractivity contribution is -0.121. The second-order valence-corrected chi connectivity index (χ2v) is 5.12. The summed E-state index contributed by atoms with van der Waals surface area (Å²) in [4.78, 5) is 12.1. The number of rotatable bonds is 2. The summed E-state index contributed by atoms with van der Waals surface area (Å²) in [6.45, 7) is 2.54. The SMILES string of the molecule is CC1OCCC1C(=O)Nc1ccc(C#N)cc1Br. The molecular weight excluding hydrogens is 296 g/mol. The van der Waals surface area contributed by atoms with Gasteiger partial charge in [-0.15, -0.1) is 0 Å². The number of ether oxygens (including phenoxy) is 1. The topological polar surface area (TPSA) is 62.1 Å². The third kappa shape index (κ3) is 2.71. The van der Waals surface area contributed by atoms with Gasteiger partial charge in [0, 0.05) is 11.1 Å². The second kappa shape index (κ2) is 5.51. The molecule has 18 heavy (non-hydrogen) atoms. The Morgan fingerprint density at radius 2 is 2.39 bits per heavy atom. The molecule has 2 rings (SSSR count). The highest BCUT2D eigenvalue weighted by Crippen LogP contribution is 2.26. The fourth-order valence-corrected chi connectivity index (χ4v) is 2.47.